The maximum atomic E-state index is 11.5. The van der Waals surface area contributed by atoms with Crippen molar-refractivity contribution in [2.45, 2.75) is 6.92 Å². The topological polar surface area (TPSA) is 84.2 Å². The Morgan fingerprint density at radius 3 is 3.05 bits per heavy atom. The van der Waals surface area contributed by atoms with Gasteiger partial charge in [-0.2, -0.15) is 5.26 Å². The Morgan fingerprint density at radius 1 is 1.57 bits per heavy atom. The molecule has 0 amide bonds. The number of esters is 1. The molecule has 0 aliphatic rings. The van der Waals surface area contributed by atoms with Gasteiger partial charge in [-0.25, -0.2) is 9.78 Å². The number of fused-ring (bicyclic) bond motifs is 1. The summed E-state index contributed by atoms with van der Waals surface area (Å²) < 4.78 is 10.9. The largest absolute Gasteiger partial charge is 0.497 e. The third-order valence-corrected chi connectivity index (χ3v) is 3.50. The Bertz CT molecular complexity index is 731. The first-order valence-corrected chi connectivity index (χ1v) is 6.98. The summed E-state index contributed by atoms with van der Waals surface area (Å²) in [4.78, 5) is 15.8. The van der Waals surface area contributed by atoms with Crippen molar-refractivity contribution >= 4 is 32.7 Å². The molecule has 0 unspecified atom stereocenters. The van der Waals surface area contributed by atoms with Crippen molar-refractivity contribution in [2.24, 2.45) is 0 Å². The normalized spacial score (nSPS) is 11.0. The van der Waals surface area contributed by atoms with Crippen LogP contribution in [0, 0.1) is 11.3 Å². The molecule has 0 fully saturated rings. The van der Waals surface area contributed by atoms with E-state index in [9.17, 15) is 4.79 Å². The van der Waals surface area contributed by atoms with Gasteiger partial charge in [0.15, 0.2) is 10.7 Å². The fraction of sp³-hybridized carbons (Fsp3) is 0.214. The molecule has 1 N–H and O–H groups in total. The summed E-state index contributed by atoms with van der Waals surface area (Å²) in [5.41, 5.74) is 0.708. The fourth-order valence-electron chi connectivity index (χ4n) is 1.57. The average molecular weight is 303 g/mol. The lowest BCUT2D eigenvalue weighted by molar-refractivity contribution is -0.138. The van der Waals surface area contributed by atoms with Crippen molar-refractivity contribution in [3.8, 4) is 11.8 Å². The van der Waals surface area contributed by atoms with Gasteiger partial charge in [0.25, 0.3) is 0 Å². The van der Waals surface area contributed by atoms with E-state index in [4.69, 9.17) is 14.7 Å². The molecule has 1 aromatic carbocycles. The minimum Gasteiger partial charge on any atom is -0.497 e. The van der Waals surface area contributed by atoms with Gasteiger partial charge in [-0.05, 0) is 25.1 Å². The maximum absolute atomic E-state index is 11.5. The van der Waals surface area contributed by atoms with Crippen LogP contribution in [0.25, 0.3) is 10.2 Å². The monoisotopic (exact) mass is 303 g/mol. The van der Waals surface area contributed by atoms with E-state index in [1.807, 2.05) is 18.2 Å². The second kappa shape index (κ2) is 6.72. The summed E-state index contributed by atoms with van der Waals surface area (Å²) in [7, 11) is 1.60. The van der Waals surface area contributed by atoms with E-state index in [0.717, 1.165) is 16.0 Å². The standard InChI is InChI=1S/C14H13N3O3S/c1-3-20-13(18)9(7-15)8-16-14-17-11-5-4-10(19-2)6-12(11)21-14/h4-6,8H,3H2,1-2H3,(H,16,17)/b9-8+. The lowest BCUT2D eigenvalue weighted by Crippen LogP contribution is -2.07. The first-order valence-electron chi connectivity index (χ1n) is 6.16. The number of aromatic nitrogens is 1. The third kappa shape index (κ3) is 3.49. The number of ether oxygens (including phenoxy) is 2. The Morgan fingerprint density at radius 2 is 2.38 bits per heavy atom. The number of hydrogen-bond donors (Lipinski definition) is 1. The molecule has 0 saturated heterocycles. The smallest absolute Gasteiger partial charge is 0.350 e. The number of hydrogen-bond acceptors (Lipinski definition) is 7. The van der Waals surface area contributed by atoms with E-state index in [2.05, 4.69) is 10.3 Å². The van der Waals surface area contributed by atoms with Crippen LogP contribution in [0.5, 0.6) is 5.75 Å². The summed E-state index contributed by atoms with van der Waals surface area (Å²) in [6.45, 7) is 1.90. The molecule has 0 saturated carbocycles. The van der Waals surface area contributed by atoms with Gasteiger partial charge in [0, 0.05) is 6.20 Å². The van der Waals surface area contributed by atoms with Crippen molar-refractivity contribution < 1.29 is 14.3 Å². The zero-order chi connectivity index (χ0) is 15.2. The number of benzene rings is 1. The molecule has 0 bridgehead atoms. The zero-order valence-electron chi connectivity index (χ0n) is 11.5. The number of methoxy groups -OCH3 is 1. The van der Waals surface area contributed by atoms with E-state index in [-0.39, 0.29) is 12.2 Å². The van der Waals surface area contributed by atoms with Crippen LogP contribution < -0.4 is 10.1 Å². The minimum absolute atomic E-state index is 0.103. The van der Waals surface area contributed by atoms with Crippen molar-refractivity contribution in [2.75, 3.05) is 19.0 Å². The lowest BCUT2D eigenvalue weighted by atomic mass is 10.3. The highest BCUT2D eigenvalue weighted by Crippen LogP contribution is 2.29. The fourth-order valence-corrected chi connectivity index (χ4v) is 2.44. The average Bonchev–Trinajstić information content (AvgIpc) is 2.89. The Kier molecular flexibility index (Phi) is 4.74. The number of nitriles is 1. The van der Waals surface area contributed by atoms with Gasteiger partial charge in [-0.1, -0.05) is 11.3 Å². The number of nitrogens with zero attached hydrogens (tertiary/aromatic N) is 2. The molecular weight excluding hydrogens is 290 g/mol. The first kappa shape index (κ1) is 14.8. The van der Waals surface area contributed by atoms with Crippen LogP contribution >= 0.6 is 11.3 Å². The molecule has 7 heteroatoms. The van der Waals surface area contributed by atoms with Crippen LogP contribution in [0.2, 0.25) is 0 Å². The van der Waals surface area contributed by atoms with Crippen LogP contribution in [0.4, 0.5) is 5.13 Å². The molecule has 108 valence electrons. The third-order valence-electron chi connectivity index (χ3n) is 2.55. The number of carbonyl (C=O) groups is 1. The van der Waals surface area contributed by atoms with Crippen LogP contribution in [-0.4, -0.2) is 24.7 Å². The second-order valence-electron chi connectivity index (χ2n) is 3.89. The molecule has 0 atom stereocenters. The first-order chi connectivity index (χ1) is 10.2. The van der Waals surface area contributed by atoms with Crippen LogP contribution in [0.15, 0.2) is 30.0 Å². The van der Waals surface area contributed by atoms with Gasteiger partial charge in [-0.15, -0.1) is 0 Å². The van der Waals surface area contributed by atoms with Crippen LogP contribution in [0.1, 0.15) is 6.92 Å². The van der Waals surface area contributed by atoms with E-state index in [1.54, 1.807) is 20.1 Å². The number of nitrogens with one attached hydrogen (secondary N) is 1. The molecule has 0 aliphatic carbocycles. The van der Waals surface area contributed by atoms with Gasteiger partial charge in [0.2, 0.25) is 0 Å². The van der Waals surface area contributed by atoms with E-state index >= 15 is 0 Å². The molecule has 2 rings (SSSR count). The number of anilines is 1. The maximum Gasteiger partial charge on any atom is 0.350 e. The highest BCUT2D eigenvalue weighted by Gasteiger charge is 2.10. The molecule has 2 aromatic rings. The summed E-state index contributed by atoms with van der Waals surface area (Å²) in [6.07, 6.45) is 1.30. The number of thiazole rings is 1. The van der Waals surface area contributed by atoms with Gasteiger partial charge in [-0.3, -0.25) is 0 Å². The Balaban J connectivity index is 2.19. The van der Waals surface area contributed by atoms with Gasteiger partial charge < -0.3 is 14.8 Å². The zero-order valence-corrected chi connectivity index (χ0v) is 12.4. The minimum atomic E-state index is -0.657. The quantitative estimate of drug-likeness (QED) is 0.519. The van der Waals surface area contributed by atoms with Crippen LogP contribution in [0.3, 0.4) is 0 Å². The predicted octanol–water partition coefficient (Wildman–Crippen LogP) is 2.69. The van der Waals surface area contributed by atoms with E-state index in [1.165, 1.54) is 17.5 Å². The van der Waals surface area contributed by atoms with Crippen molar-refractivity contribution in [3.63, 3.8) is 0 Å². The predicted molar refractivity (Wildman–Crippen MR) is 80.1 cm³/mol. The molecule has 6 nitrogen and oxygen atoms in total. The summed E-state index contributed by atoms with van der Waals surface area (Å²) in [5, 5.41) is 12.3. The van der Waals surface area contributed by atoms with Crippen molar-refractivity contribution in [1.29, 1.82) is 5.26 Å². The van der Waals surface area contributed by atoms with Gasteiger partial charge >= 0.3 is 5.97 Å². The molecule has 21 heavy (non-hydrogen) atoms. The molecule has 1 heterocycles. The molecule has 0 aliphatic heterocycles. The molecule has 0 radical (unpaired) electrons. The Hall–Kier alpha value is -2.59. The molecular formula is C14H13N3O3S. The van der Waals surface area contributed by atoms with Gasteiger partial charge in [0.1, 0.15) is 11.8 Å². The van der Waals surface area contributed by atoms with Gasteiger partial charge in [0.05, 0.1) is 23.9 Å². The summed E-state index contributed by atoms with van der Waals surface area (Å²) in [5.74, 6) is 0.0905. The highest BCUT2D eigenvalue weighted by atomic mass is 32.1. The van der Waals surface area contributed by atoms with E-state index in [0.29, 0.717) is 5.13 Å². The van der Waals surface area contributed by atoms with Crippen LogP contribution in [-0.2, 0) is 9.53 Å². The highest BCUT2D eigenvalue weighted by molar-refractivity contribution is 7.22. The number of rotatable bonds is 5. The Labute approximate surface area is 125 Å². The summed E-state index contributed by atoms with van der Waals surface area (Å²) >= 11 is 1.40. The second-order valence-corrected chi connectivity index (χ2v) is 4.92. The molecule has 1 aromatic heterocycles. The van der Waals surface area contributed by atoms with E-state index < -0.39 is 5.97 Å². The lowest BCUT2D eigenvalue weighted by Gasteiger charge is -1.99. The number of carbonyl (C=O) groups excluding carboxylic acids is 1. The SMILES string of the molecule is CCOC(=O)/C(C#N)=C/Nc1nc2ccc(OC)cc2s1. The van der Waals surface area contributed by atoms with Crippen molar-refractivity contribution in [3.05, 3.63) is 30.0 Å². The summed E-state index contributed by atoms with van der Waals surface area (Å²) in [6, 6.07) is 7.33. The molecule has 0 spiro atoms. The van der Waals surface area contributed by atoms with Crippen molar-refractivity contribution in [1.82, 2.24) is 4.98 Å².